The van der Waals surface area contributed by atoms with Crippen LogP contribution >= 0.6 is 0 Å². The Kier molecular flexibility index (Phi) is 40.6. The van der Waals surface area contributed by atoms with Crippen LogP contribution in [0.4, 0.5) is 4.79 Å². The number of alkyl carbamates (subject to hydrolysis) is 1. The van der Waals surface area contributed by atoms with Crippen LogP contribution in [0.25, 0.3) is 0 Å². The molecule has 19 nitrogen and oxygen atoms in total. The Hall–Kier alpha value is -3.62. The summed E-state index contributed by atoms with van der Waals surface area (Å²) in [6.45, 7) is 17.1. The van der Waals surface area contributed by atoms with Crippen LogP contribution in [0.2, 0.25) is 0 Å². The van der Waals surface area contributed by atoms with Gasteiger partial charge in [-0.25, -0.2) is 4.79 Å². The first-order valence-corrected chi connectivity index (χ1v) is 24.0. The van der Waals surface area contributed by atoms with Gasteiger partial charge < -0.3 is 53.6 Å². The highest BCUT2D eigenvalue weighted by Crippen LogP contribution is 2.08. The molecule has 0 saturated carbocycles. The molecule has 380 valence electrons. The number of carbonyl (C=O) groups excluding carboxylic acids is 6. The Bertz CT molecular complexity index is 1240. The number of nitrogens with one attached hydrogen (secondary N) is 2. The van der Waals surface area contributed by atoms with E-state index in [4.69, 9.17) is 37.9 Å². The van der Waals surface area contributed by atoms with Gasteiger partial charge in [0.25, 0.3) is 0 Å². The highest BCUT2D eigenvalue weighted by Gasteiger charge is 2.14. The molecule has 0 spiro atoms. The first-order chi connectivity index (χ1) is 31.2. The zero-order valence-electron chi connectivity index (χ0n) is 40.7. The molecule has 65 heavy (non-hydrogen) atoms. The molecule has 0 aromatic heterocycles. The highest BCUT2D eigenvalue weighted by atomic mass is 16.6. The summed E-state index contributed by atoms with van der Waals surface area (Å²) in [4.78, 5) is 76.0. The number of hydrogen-bond donors (Lipinski definition) is 3. The number of ether oxygens (including phenoxy) is 8. The number of esters is 4. The number of unbranched alkanes of at least 4 members (excludes halogenated alkanes) is 8. The van der Waals surface area contributed by atoms with E-state index in [-0.39, 0.29) is 88.3 Å². The fraction of sp³-hybridized carbons (Fsp3) is 0.870. The van der Waals surface area contributed by atoms with Crippen molar-refractivity contribution in [1.29, 1.82) is 0 Å². The monoisotopic (exact) mass is 935 g/mol. The molecule has 1 atom stereocenters. The van der Waals surface area contributed by atoms with Crippen molar-refractivity contribution in [1.82, 2.24) is 20.4 Å². The number of rotatable bonds is 44. The van der Waals surface area contributed by atoms with Crippen LogP contribution in [-0.4, -0.2) is 181 Å². The zero-order valence-corrected chi connectivity index (χ0v) is 40.7. The minimum atomic E-state index is -1.05. The maximum atomic E-state index is 12.2. The SMILES string of the molecule is CCOC(=O)CCN(CCOC(=O)CCCCCCCNC(=O)COCC(O)COC(=O)CCCCCCCNC(=O)OCCN(CCOC(C)C)CCC(=O)OCC)CCOC(C)C. The van der Waals surface area contributed by atoms with Gasteiger partial charge in [-0.1, -0.05) is 38.5 Å². The van der Waals surface area contributed by atoms with E-state index in [0.29, 0.717) is 98.0 Å². The second-order valence-corrected chi connectivity index (χ2v) is 16.2. The largest absolute Gasteiger partial charge is 0.466 e. The van der Waals surface area contributed by atoms with Gasteiger partial charge in [0.15, 0.2) is 0 Å². The molecule has 0 aliphatic rings. The molecular weight excluding hydrogens is 849 g/mol. The van der Waals surface area contributed by atoms with Crippen molar-refractivity contribution in [3.63, 3.8) is 0 Å². The Labute approximate surface area is 388 Å². The summed E-state index contributed by atoms with van der Waals surface area (Å²) in [7, 11) is 0. The maximum absolute atomic E-state index is 12.2. The maximum Gasteiger partial charge on any atom is 0.407 e. The van der Waals surface area contributed by atoms with Crippen LogP contribution < -0.4 is 10.6 Å². The van der Waals surface area contributed by atoms with E-state index in [1.54, 1.807) is 13.8 Å². The average Bonchev–Trinajstić information content (AvgIpc) is 3.25. The molecule has 0 bridgehead atoms. The average molecular weight is 935 g/mol. The van der Waals surface area contributed by atoms with E-state index in [9.17, 15) is 33.9 Å². The van der Waals surface area contributed by atoms with E-state index >= 15 is 0 Å². The van der Waals surface area contributed by atoms with E-state index < -0.39 is 18.2 Å². The lowest BCUT2D eigenvalue weighted by atomic mass is 10.1. The number of carbonyl (C=O) groups is 6. The summed E-state index contributed by atoms with van der Waals surface area (Å²) in [5, 5.41) is 15.6. The van der Waals surface area contributed by atoms with Crippen LogP contribution in [0.5, 0.6) is 0 Å². The van der Waals surface area contributed by atoms with Crippen molar-refractivity contribution >= 4 is 35.9 Å². The minimum Gasteiger partial charge on any atom is -0.466 e. The van der Waals surface area contributed by atoms with Crippen molar-refractivity contribution in [2.24, 2.45) is 0 Å². The van der Waals surface area contributed by atoms with Gasteiger partial charge in [-0.2, -0.15) is 0 Å². The molecule has 1 unspecified atom stereocenters. The van der Waals surface area contributed by atoms with E-state index in [0.717, 1.165) is 51.4 Å². The fourth-order valence-corrected chi connectivity index (χ4v) is 6.07. The van der Waals surface area contributed by atoms with E-state index in [1.807, 2.05) is 37.5 Å². The molecule has 2 amide bonds. The fourth-order valence-electron chi connectivity index (χ4n) is 6.07. The lowest BCUT2D eigenvalue weighted by molar-refractivity contribution is -0.148. The summed E-state index contributed by atoms with van der Waals surface area (Å²) in [6, 6.07) is 0. The number of nitrogens with zero attached hydrogens (tertiary/aromatic N) is 2. The van der Waals surface area contributed by atoms with Crippen molar-refractivity contribution in [2.45, 2.75) is 150 Å². The topological polar surface area (TPSA) is 227 Å². The summed E-state index contributed by atoms with van der Waals surface area (Å²) in [5.41, 5.74) is 0. The van der Waals surface area contributed by atoms with Crippen LogP contribution in [-0.2, 0) is 61.9 Å². The molecule has 19 heteroatoms. The number of amides is 2. The standard InChI is InChI=1S/C46H86N4O15/c1-7-59-44(55)21-25-49(27-31-61-38(3)4)29-33-63-42(53)19-15-11-9-13-17-23-47-41(52)37-58-35-40(51)36-65-43(54)20-16-12-10-14-18-24-48-46(57)64-34-30-50(28-32-62-39(5)6)26-22-45(56)60-8-2/h38-40,51H,7-37H2,1-6H3,(H,47,52)(H,48,57). The molecular formula is C46H86N4O15. The number of aliphatic hydroxyl groups is 1. The molecule has 0 aromatic rings. The van der Waals surface area contributed by atoms with Crippen LogP contribution in [0.1, 0.15) is 131 Å². The van der Waals surface area contributed by atoms with Gasteiger partial charge in [0.2, 0.25) is 5.91 Å². The van der Waals surface area contributed by atoms with E-state index in [1.165, 1.54) is 0 Å². The number of aliphatic hydroxyl groups excluding tert-OH is 1. The Morgan fingerprint density at radius 1 is 0.477 bits per heavy atom. The van der Waals surface area contributed by atoms with Gasteiger partial charge >= 0.3 is 30.0 Å². The predicted octanol–water partition coefficient (Wildman–Crippen LogP) is 4.33. The molecule has 0 heterocycles. The molecule has 0 aliphatic heterocycles. The Morgan fingerprint density at radius 3 is 1.42 bits per heavy atom. The van der Waals surface area contributed by atoms with Crippen molar-refractivity contribution in [2.75, 3.05) is 112 Å². The van der Waals surface area contributed by atoms with Crippen molar-refractivity contribution < 1.29 is 71.8 Å². The van der Waals surface area contributed by atoms with Crippen LogP contribution in [0.3, 0.4) is 0 Å². The summed E-state index contributed by atoms with van der Waals surface area (Å²) >= 11 is 0. The van der Waals surface area contributed by atoms with Gasteiger partial charge in [-0.15, -0.1) is 0 Å². The first kappa shape index (κ1) is 61.4. The van der Waals surface area contributed by atoms with Gasteiger partial charge in [-0.05, 0) is 67.2 Å². The third kappa shape index (κ3) is 42.8. The summed E-state index contributed by atoms with van der Waals surface area (Å²) in [6.07, 6.45) is 7.91. The molecule has 0 aliphatic carbocycles. The second-order valence-electron chi connectivity index (χ2n) is 16.2. The predicted molar refractivity (Wildman–Crippen MR) is 244 cm³/mol. The smallest absolute Gasteiger partial charge is 0.407 e. The first-order valence-electron chi connectivity index (χ1n) is 24.0. The van der Waals surface area contributed by atoms with Crippen LogP contribution in [0, 0.1) is 0 Å². The number of hydrogen-bond acceptors (Lipinski definition) is 17. The third-order valence-corrected chi connectivity index (χ3v) is 9.59. The lowest BCUT2D eigenvalue weighted by Crippen LogP contribution is -2.35. The molecule has 0 aromatic carbocycles. The molecule has 0 radical (unpaired) electrons. The minimum absolute atomic E-state index is 0.101. The molecule has 0 fully saturated rings. The summed E-state index contributed by atoms with van der Waals surface area (Å²) in [5.74, 6) is -1.48. The van der Waals surface area contributed by atoms with Gasteiger partial charge in [0, 0.05) is 65.2 Å². The third-order valence-electron chi connectivity index (χ3n) is 9.59. The second kappa shape index (κ2) is 43.0. The Morgan fingerprint density at radius 2 is 0.908 bits per heavy atom. The zero-order chi connectivity index (χ0) is 48.3. The Balaban J connectivity index is 3.84. The molecule has 0 saturated heterocycles. The van der Waals surface area contributed by atoms with Gasteiger partial charge in [0.05, 0.1) is 58.1 Å². The van der Waals surface area contributed by atoms with Crippen LogP contribution in [0.15, 0.2) is 0 Å². The summed E-state index contributed by atoms with van der Waals surface area (Å²) < 4.78 is 42.4. The quantitative estimate of drug-likeness (QED) is 0.0439. The molecule has 0 rings (SSSR count). The van der Waals surface area contributed by atoms with Gasteiger partial charge in [0.1, 0.15) is 32.5 Å². The lowest BCUT2D eigenvalue weighted by Gasteiger charge is -2.22. The van der Waals surface area contributed by atoms with Crippen molar-refractivity contribution in [3.8, 4) is 0 Å². The molecule has 3 N–H and O–H groups in total. The normalized spacial score (nSPS) is 11.8. The highest BCUT2D eigenvalue weighted by molar-refractivity contribution is 5.77. The van der Waals surface area contributed by atoms with Gasteiger partial charge in [-0.3, -0.25) is 33.8 Å². The van der Waals surface area contributed by atoms with E-state index in [2.05, 4.69) is 10.6 Å². The van der Waals surface area contributed by atoms with Crippen molar-refractivity contribution in [3.05, 3.63) is 0 Å².